The highest BCUT2D eigenvalue weighted by Gasteiger charge is 2.26. The van der Waals surface area contributed by atoms with E-state index in [1.807, 2.05) is 38.1 Å². The van der Waals surface area contributed by atoms with Crippen LogP contribution in [-0.4, -0.2) is 17.6 Å². The molecule has 5 rings (SSSR count). The van der Waals surface area contributed by atoms with Crippen molar-refractivity contribution in [3.8, 4) is 16.9 Å². The fraction of sp³-hybridized carbons (Fsp3) is 0.241. The molecule has 0 bridgehead atoms. The van der Waals surface area contributed by atoms with Crippen molar-refractivity contribution in [1.82, 2.24) is 4.98 Å². The lowest BCUT2D eigenvalue weighted by molar-refractivity contribution is -0.142. The number of rotatable bonds is 6. The second kappa shape index (κ2) is 9.18. The molecule has 1 heterocycles. The highest BCUT2D eigenvalue weighted by Crippen LogP contribution is 2.39. The number of nitrogens with zero attached hydrogens (tertiary/aromatic N) is 1. The van der Waals surface area contributed by atoms with Crippen molar-refractivity contribution in [2.24, 2.45) is 0 Å². The van der Waals surface area contributed by atoms with E-state index in [1.54, 1.807) is 6.20 Å². The summed E-state index contributed by atoms with van der Waals surface area (Å²) >= 11 is 0. The number of fused-ring (bicyclic) bond motifs is 2. The number of esters is 1. The van der Waals surface area contributed by atoms with Gasteiger partial charge in [-0.1, -0.05) is 36.4 Å². The summed E-state index contributed by atoms with van der Waals surface area (Å²) < 4.78 is 11.7. The van der Waals surface area contributed by atoms with Gasteiger partial charge in [-0.25, -0.2) is 4.98 Å². The molecule has 0 spiro atoms. The molecule has 1 aliphatic rings. The van der Waals surface area contributed by atoms with Gasteiger partial charge in [0.2, 0.25) is 0 Å². The molecule has 3 aromatic carbocycles. The molecule has 172 valence electrons. The van der Waals surface area contributed by atoms with E-state index in [1.165, 1.54) is 11.1 Å². The maximum absolute atomic E-state index is 12.1. The molecule has 0 fully saturated rings. The van der Waals surface area contributed by atoms with E-state index >= 15 is 0 Å². The Kier molecular flexibility index (Phi) is 5.93. The summed E-state index contributed by atoms with van der Waals surface area (Å²) in [5.41, 5.74) is 12.8. The van der Waals surface area contributed by atoms with Gasteiger partial charge in [0.05, 0.1) is 13.0 Å². The zero-order valence-corrected chi connectivity index (χ0v) is 19.5. The normalized spacial score (nSPS) is 14.7. The molecule has 1 aliphatic carbocycles. The van der Waals surface area contributed by atoms with E-state index in [9.17, 15) is 4.79 Å². The first-order valence-electron chi connectivity index (χ1n) is 11.7. The van der Waals surface area contributed by atoms with Crippen LogP contribution in [0.25, 0.3) is 21.9 Å². The third-order valence-electron chi connectivity index (χ3n) is 6.43. The van der Waals surface area contributed by atoms with Crippen LogP contribution in [0.3, 0.4) is 0 Å². The smallest absolute Gasteiger partial charge is 0.310 e. The topological polar surface area (TPSA) is 74.4 Å². The zero-order chi connectivity index (χ0) is 23.7. The minimum absolute atomic E-state index is 0.0649. The van der Waals surface area contributed by atoms with Crippen LogP contribution in [-0.2, 0) is 22.4 Å². The molecule has 1 aromatic heterocycles. The van der Waals surface area contributed by atoms with Gasteiger partial charge in [-0.05, 0) is 84.2 Å². The number of anilines is 1. The van der Waals surface area contributed by atoms with Gasteiger partial charge in [0, 0.05) is 17.1 Å². The predicted octanol–water partition coefficient (Wildman–Crippen LogP) is 5.96. The molecule has 0 saturated heterocycles. The zero-order valence-electron chi connectivity index (χ0n) is 19.5. The average Bonchev–Trinajstić information content (AvgIpc) is 3.23. The number of pyridine rings is 1. The van der Waals surface area contributed by atoms with Crippen molar-refractivity contribution in [3.05, 3.63) is 89.1 Å². The Morgan fingerprint density at radius 2 is 1.88 bits per heavy atom. The first-order valence-corrected chi connectivity index (χ1v) is 11.7. The van der Waals surface area contributed by atoms with Gasteiger partial charge in [0.15, 0.2) is 0 Å². The lowest BCUT2D eigenvalue weighted by atomic mass is 9.98. The molecular weight excluding hydrogens is 424 g/mol. The molecule has 5 heteroatoms. The van der Waals surface area contributed by atoms with Gasteiger partial charge in [-0.2, -0.15) is 0 Å². The van der Waals surface area contributed by atoms with Crippen molar-refractivity contribution in [1.29, 1.82) is 0 Å². The largest absolute Gasteiger partial charge is 0.485 e. The van der Waals surface area contributed by atoms with Gasteiger partial charge >= 0.3 is 5.97 Å². The van der Waals surface area contributed by atoms with Crippen molar-refractivity contribution in [2.75, 3.05) is 12.3 Å². The van der Waals surface area contributed by atoms with E-state index in [-0.39, 0.29) is 18.5 Å². The van der Waals surface area contributed by atoms with Gasteiger partial charge in [-0.15, -0.1) is 0 Å². The lowest BCUT2D eigenvalue weighted by Crippen LogP contribution is -2.11. The van der Waals surface area contributed by atoms with Crippen LogP contribution in [0.15, 0.2) is 66.9 Å². The van der Waals surface area contributed by atoms with Crippen LogP contribution in [0.4, 0.5) is 5.82 Å². The molecule has 34 heavy (non-hydrogen) atoms. The number of aryl methyl sites for hydroxylation is 2. The Morgan fingerprint density at radius 3 is 2.74 bits per heavy atom. The number of aromatic nitrogens is 1. The van der Waals surface area contributed by atoms with Crippen LogP contribution in [0.2, 0.25) is 0 Å². The van der Waals surface area contributed by atoms with Crippen molar-refractivity contribution < 1.29 is 14.3 Å². The monoisotopic (exact) mass is 452 g/mol. The minimum Gasteiger partial charge on any atom is -0.485 e. The molecule has 0 saturated carbocycles. The number of carbonyl (C=O) groups is 1. The number of benzene rings is 3. The van der Waals surface area contributed by atoms with Crippen LogP contribution >= 0.6 is 0 Å². The van der Waals surface area contributed by atoms with Crippen LogP contribution in [0, 0.1) is 6.92 Å². The van der Waals surface area contributed by atoms with Crippen LogP contribution in [0.1, 0.15) is 41.7 Å². The van der Waals surface area contributed by atoms with Crippen molar-refractivity contribution >= 4 is 22.6 Å². The molecule has 1 atom stereocenters. The van der Waals surface area contributed by atoms with Gasteiger partial charge in [0.25, 0.3) is 0 Å². The summed E-state index contributed by atoms with van der Waals surface area (Å²) in [5.74, 6) is 1.05. The molecule has 0 aliphatic heterocycles. The molecule has 0 radical (unpaired) electrons. The quantitative estimate of drug-likeness (QED) is 0.365. The first kappa shape index (κ1) is 22.0. The minimum atomic E-state index is -0.240. The molecule has 0 amide bonds. The molecule has 0 unspecified atom stereocenters. The molecule has 4 aromatic rings. The Bertz CT molecular complexity index is 1380. The summed E-state index contributed by atoms with van der Waals surface area (Å²) in [6.45, 7) is 4.22. The predicted molar refractivity (Wildman–Crippen MR) is 135 cm³/mol. The molecule has 2 N–H and O–H groups in total. The second-order valence-corrected chi connectivity index (χ2v) is 8.78. The maximum atomic E-state index is 12.1. The van der Waals surface area contributed by atoms with Crippen molar-refractivity contribution in [2.45, 2.75) is 39.2 Å². The highest BCUT2D eigenvalue weighted by atomic mass is 16.5. The third-order valence-corrected chi connectivity index (χ3v) is 6.43. The number of nitrogen functional groups attached to an aromatic ring is 1. The number of ether oxygens (including phenoxy) is 2. The van der Waals surface area contributed by atoms with E-state index in [2.05, 4.69) is 41.4 Å². The first-order chi connectivity index (χ1) is 16.5. The standard InChI is InChI=1S/C29H28N2O3/c1-3-33-28(32)17-23-5-4-18(2)14-27(23)34-26-11-10-19-6-8-21(15-24(19)26)22-9-7-20-12-13-31-29(30)25(20)16-22/h4-9,12-16,26H,3,10-11,17H2,1-2H3,(H2,30,31)/t26-/m1/s1. The highest BCUT2D eigenvalue weighted by molar-refractivity contribution is 5.94. The van der Waals surface area contributed by atoms with Crippen LogP contribution in [0.5, 0.6) is 5.75 Å². The Labute approximate surface area is 199 Å². The second-order valence-electron chi connectivity index (χ2n) is 8.78. The average molecular weight is 453 g/mol. The van der Waals surface area contributed by atoms with E-state index in [0.29, 0.717) is 12.4 Å². The number of carbonyl (C=O) groups excluding carboxylic acids is 1. The van der Waals surface area contributed by atoms with Crippen LogP contribution < -0.4 is 10.5 Å². The summed E-state index contributed by atoms with van der Waals surface area (Å²) in [6.07, 6.45) is 3.74. The Balaban J connectivity index is 1.46. The number of hydrogen-bond donors (Lipinski definition) is 1. The summed E-state index contributed by atoms with van der Waals surface area (Å²) in [6, 6.07) is 20.8. The van der Waals surface area contributed by atoms with Crippen molar-refractivity contribution in [3.63, 3.8) is 0 Å². The maximum Gasteiger partial charge on any atom is 0.310 e. The fourth-order valence-corrected chi connectivity index (χ4v) is 4.68. The van der Waals surface area contributed by atoms with Gasteiger partial charge < -0.3 is 15.2 Å². The summed E-state index contributed by atoms with van der Waals surface area (Å²) in [4.78, 5) is 16.3. The fourth-order valence-electron chi connectivity index (χ4n) is 4.68. The third kappa shape index (κ3) is 4.34. The lowest BCUT2D eigenvalue weighted by Gasteiger charge is -2.19. The Morgan fingerprint density at radius 1 is 1.06 bits per heavy atom. The SMILES string of the molecule is CCOC(=O)Cc1ccc(C)cc1O[C@@H]1CCc2ccc(-c3ccc4ccnc(N)c4c3)cc21. The summed E-state index contributed by atoms with van der Waals surface area (Å²) in [7, 11) is 0. The van der Waals surface area contributed by atoms with E-state index < -0.39 is 0 Å². The number of nitrogens with two attached hydrogens (primary N) is 1. The van der Waals surface area contributed by atoms with Gasteiger partial charge in [-0.3, -0.25) is 4.79 Å². The molecular formula is C29H28N2O3. The molecule has 5 nitrogen and oxygen atoms in total. The van der Waals surface area contributed by atoms with E-state index in [4.69, 9.17) is 15.2 Å². The van der Waals surface area contributed by atoms with E-state index in [0.717, 1.165) is 51.6 Å². The van der Waals surface area contributed by atoms with Gasteiger partial charge in [0.1, 0.15) is 17.7 Å². The Hall–Kier alpha value is -3.86. The number of hydrogen-bond acceptors (Lipinski definition) is 5. The summed E-state index contributed by atoms with van der Waals surface area (Å²) in [5, 5.41) is 2.03.